The van der Waals surface area contributed by atoms with Crippen molar-refractivity contribution < 1.29 is 4.79 Å². The molecule has 0 atom stereocenters. The third-order valence-electron chi connectivity index (χ3n) is 2.04. The Morgan fingerprint density at radius 1 is 1.40 bits per heavy atom. The summed E-state index contributed by atoms with van der Waals surface area (Å²) >= 11 is 1.60. The number of carbonyl (C=O) groups excluding carboxylic acids is 1. The molecule has 15 heavy (non-hydrogen) atoms. The molecule has 0 bridgehead atoms. The lowest BCUT2D eigenvalue weighted by atomic mass is 10.1. The van der Waals surface area contributed by atoms with E-state index in [1.54, 1.807) is 11.3 Å². The number of benzene rings is 1. The van der Waals surface area contributed by atoms with Crippen LogP contribution >= 0.6 is 11.3 Å². The van der Waals surface area contributed by atoms with Gasteiger partial charge in [0.2, 0.25) is 6.41 Å². The maximum atomic E-state index is 10.4. The molecule has 76 valence electrons. The molecule has 0 fully saturated rings. The number of rotatable bonds is 3. The van der Waals surface area contributed by atoms with Crippen LogP contribution in [-0.2, 0) is 4.79 Å². The van der Waals surface area contributed by atoms with Gasteiger partial charge in [-0.2, -0.15) is 0 Å². The van der Waals surface area contributed by atoms with Gasteiger partial charge < -0.3 is 5.32 Å². The van der Waals surface area contributed by atoms with E-state index in [1.807, 2.05) is 36.6 Å². The van der Waals surface area contributed by atoms with Crippen molar-refractivity contribution in [3.8, 4) is 11.3 Å². The summed E-state index contributed by atoms with van der Waals surface area (Å²) in [6, 6.07) is 7.62. The van der Waals surface area contributed by atoms with Gasteiger partial charge >= 0.3 is 0 Å². The van der Waals surface area contributed by atoms with Crippen molar-refractivity contribution in [2.45, 2.75) is 6.92 Å². The van der Waals surface area contributed by atoms with Crippen molar-refractivity contribution in [3.63, 3.8) is 0 Å². The van der Waals surface area contributed by atoms with Crippen LogP contribution in [0, 0.1) is 6.92 Å². The Balaban J connectivity index is 2.47. The lowest BCUT2D eigenvalue weighted by Crippen LogP contribution is -1.95. The Labute approximate surface area is 91.8 Å². The predicted molar refractivity (Wildman–Crippen MR) is 62.0 cm³/mol. The van der Waals surface area contributed by atoms with Gasteiger partial charge in [-0.3, -0.25) is 4.79 Å². The van der Waals surface area contributed by atoms with Crippen LogP contribution in [0.2, 0.25) is 0 Å². The number of nitrogens with one attached hydrogen (secondary N) is 1. The summed E-state index contributed by atoms with van der Waals surface area (Å²) in [7, 11) is 0. The SMILES string of the molecule is Cc1nc(-c2ccccc2NC=O)cs1. The van der Waals surface area contributed by atoms with Gasteiger partial charge in [-0.25, -0.2) is 4.98 Å². The second kappa shape index (κ2) is 4.23. The number of hydrogen-bond acceptors (Lipinski definition) is 3. The second-order valence-corrected chi connectivity index (χ2v) is 4.12. The zero-order valence-electron chi connectivity index (χ0n) is 8.23. The molecule has 1 aromatic heterocycles. The molecule has 1 aromatic carbocycles. The number of aromatic nitrogens is 1. The van der Waals surface area contributed by atoms with E-state index in [9.17, 15) is 4.79 Å². The Hall–Kier alpha value is -1.68. The van der Waals surface area contributed by atoms with E-state index < -0.39 is 0 Å². The Morgan fingerprint density at radius 2 is 2.20 bits per heavy atom. The standard InChI is InChI=1S/C11H10N2OS/c1-8-13-11(6-15-8)9-4-2-3-5-10(9)12-7-14/h2-7H,1H3,(H,12,14). The normalized spacial score (nSPS) is 9.93. The molecule has 0 saturated carbocycles. The fraction of sp³-hybridized carbons (Fsp3) is 0.0909. The summed E-state index contributed by atoms with van der Waals surface area (Å²) in [6.07, 6.45) is 0.679. The largest absolute Gasteiger partial charge is 0.328 e. The van der Waals surface area contributed by atoms with Gasteiger partial charge in [0.1, 0.15) is 0 Å². The minimum Gasteiger partial charge on any atom is -0.328 e. The van der Waals surface area contributed by atoms with Gasteiger partial charge in [0.25, 0.3) is 0 Å². The number of aryl methyl sites for hydroxylation is 1. The Bertz CT molecular complexity index is 479. The molecule has 0 aliphatic heterocycles. The first kappa shape index (κ1) is 9.86. The minimum atomic E-state index is 0.679. The highest BCUT2D eigenvalue weighted by molar-refractivity contribution is 7.09. The zero-order chi connectivity index (χ0) is 10.7. The second-order valence-electron chi connectivity index (χ2n) is 3.06. The summed E-state index contributed by atoms with van der Waals surface area (Å²) in [6.45, 7) is 1.96. The van der Waals surface area contributed by atoms with Crippen molar-refractivity contribution in [3.05, 3.63) is 34.7 Å². The highest BCUT2D eigenvalue weighted by Crippen LogP contribution is 2.28. The number of para-hydroxylation sites is 1. The van der Waals surface area contributed by atoms with Crippen molar-refractivity contribution in [2.75, 3.05) is 5.32 Å². The molecule has 1 heterocycles. The van der Waals surface area contributed by atoms with Crippen molar-refractivity contribution in [1.82, 2.24) is 4.98 Å². The number of anilines is 1. The van der Waals surface area contributed by atoms with Gasteiger partial charge in [0, 0.05) is 16.6 Å². The van der Waals surface area contributed by atoms with E-state index in [-0.39, 0.29) is 0 Å². The molecule has 3 nitrogen and oxygen atoms in total. The molecule has 0 unspecified atom stereocenters. The van der Waals surface area contributed by atoms with Crippen molar-refractivity contribution in [2.24, 2.45) is 0 Å². The quantitative estimate of drug-likeness (QED) is 0.805. The van der Waals surface area contributed by atoms with Gasteiger partial charge in [-0.05, 0) is 13.0 Å². The van der Waals surface area contributed by atoms with E-state index in [4.69, 9.17) is 0 Å². The summed E-state index contributed by atoms with van der Waals surface area (Å²) in [5.41, 5.74) is 2.65. The number of thiazole rings is 1. The fourth-order valence-corrected chi connectivity index (χ4v) is 2.00. The maximum absolute atomic E-state index is 10.4. The highest BCUT2D eigenvalue weighted by Gasteiger charge is 2.06. The number of nitrogens with zero attached hydrogens (tertiary/aromatic N) is 1. The van der Waals surface area contributed by atoms with Gasteiger partial charge in [0.05, 0.1) is 10.7 Å². The van der Waals surface area contributed by atoms with Crippen LogP contribution in [0.3, 0.4) is 0 Å². The molecule has 0 aliphatic rings. The third-order valence-corrected chi connectivity index (χ3v) is 2.81. The fourth-order valence-electron chi connectivity index (χ4n) is 1.38. The summed E-state index contributed by atoms with van der Waals surface area (Å²) in [5, 5.41) is 5.67. The van der Waals surface area contributed by atoms with Crippen LogP contribution in [0.5, 0.6) is 0 Å². The number of amides is 1. The summed E-state index contributed by atoms with van der Waals surface area (Å²) in [4.78, 5) is 14.8. The molecular formula is C11H10N2OS. The molecule has 0 radical (unpaired) electrons. The molecule has 0 spiro atoms. The highest BCUT2D eigenvalue weighted by atomic mass is 32.1. The van der Waals surface area contributed by atoms with Crippen LogP contribution in [0.1, 0.15) is 5.01 Å². The molecular weight excluding hydrogens is 208 g/mol. The van der Waals surface area contributed by atoms with E-state index in [0.717, 1.165) is 22.0 Å². The first-order valence-electron chi connectivity index (χ1n) is 4.53. The first-order chi connectivity index (χ1) is 7.31. The van der Waals surface area contributed by atoms with Crippen molar-refractivity contribution in [1.29, 1.82) is 0 Å². The van der Waals surface area contributed by atoms with E-state index in [1.165, 1.54) is 0 Å². The minimum absolute atomic E-state index is 0.679. The van der Waals surface area contributed by atoms with Gasteiger partial charge in [-0.1, -0.05) is 18.2 Å². The summed E-state index contributed by atoms with van der Waals surface area (Å²) < 4.78 is 0. The van der Waals surface area contributed by atoms with Crippen LogP contribution < -0.4 is 5.32 Å². The van der Waals surface area contributed by atoms with Crippen LogP contribution in [0.15, 0.2) is 29.6 Å². The molecule has 1 amide bonds. The molecule has 2 aromatic rings. The predicted octanol–water partition coefficient (Wildman–Crippen LogP) is 2.69. The molecule has 0 aliphatic carbocycles. The van der Waals surface area contributed by atoms with E-state index >= 15 is 0 Å². The van der Waals surface area contributed by atoms with Crippen LogP contribution in [0.25, 0.3) is 11.3 Å². The van der Waals surface area contributed by atoms with Crippen molar-refractivity contribution >= 4 is 23.4 Å². The molecule has 0 saturated heterocycles. The number of hydrogen-bond donors (Lipinski definition) is 1. The van der Waals surface area contributed by atoms with Crippen LogP contribution in [-0.4, -0.2) is 11.4 Å². The maximum Gasteiger partial charge on any atom is 0.211 e. The van der Waals surface area contributed by atoms with E-state index in [2.05, 4.69) is 10.3 Å². The summed E-state index contributed by atoms with van der Waals surface area (Å²) in [5.74, 6) is 0. The zero-order valence-corrected chi connectivity index (χ0v) is 9.04. The Kier molecular flexibility index (Phi) is 2.78. The average Bonchev–Trinajstić information content (AvgIpc) is 2.66. The van der Waals surface area contributed by atoms with Gasteiger partial charge in [-0.15, -0.1) is 11.3 Å². The van der Waals surface area contributed by atoms with Gasteiger partial charge in [0.15, 0.2) is 0 Å². The number of carbonyl (C=O) groups is 1. The first-order valence-corrected chi connectivity index (χ1v) is 5.41. The molecule has 2 rings (SSSR count). The third kappa shape index (κ3) is 2.05. The Morgan fingerprint density at radius 3 is 2.87 bits per heavy atom. The average molecular weight is 218 g/mol. The molecule has 1 N–H and O–H groups in total. The monoisotopic (exact) mass is 218 g/mol. The lowest BCUT2D eigenvalue weighted by molar-refractivity contribution is -0.105. The smallest absolute Gasteiger partial charge is 0.211 e. The topological polar surface area (TPSA) is 42.0 Å². The van der Waals surface area contributed by atoms with Crippen LogP contribution in [0.4, 0.5) is 5.69 Å². The molecule has 4 heteroatoms. The lowest BCUT2D eigenvalue weighted by Gasteiger charge is -2.04. The van der Waals surface area contributed by atoms with E-state index in [0.29, 0.717) is 6.41 Å².